The predicted molar refractivity (Wildman–Crippen MR) is 126 cm³/mol. The second-order valence-electron chi connectivity index (χ2n) is 6.83. The minimum Gasteiger partial charge on any atom is -0.345 e. The van der Waals surface area contributed by atoms with Crippen molar-refractivity contribution in [1.29, 1.82) is 0 Å². The van der Waals surface area contributed by atoms with Gasteiger partial charge in [-0.2, -0.15) is 0 Å². The molecule has 3 N–H and O–H groups in total. The summed E-state index contributed by atoms with van der Waals surface area (Å²) in [6.07, 6.45) is 0. The van der Waals surface area contributed by atoms with Crippen molar-refractivity contribution >= 4 is 40.5 Å². The van der Waals surface area contributed by atoms with E-state index in [0.29, 0.717) is 11.3 Å². The molecule has 0 saturated carbocycles. The van der Waals surface area contributed by atoms with Gasteiger partial charge >= 0.3 is 0 Å². The van der Waals surface area contributed by atoms with Gasteiger partial charge in [-0.1, -0.05) is 54.6 Å². The molecule has 3 aromatic rings. The van der Waals surface area contributed by atoms with Gasteiger partial charge in [-0.15, -0.1) is 0 Å². The highest BCUT2D eigenvalue weighted by atomic mass is 32.1. The summed E-state index contributed by atoms with van der Waals surface area (Å²) in [4.78, 5) is 35.8. The maximum atomic E-state index is 12.8. The number of hydrogen-bond acceptors (Lipinski definition) is 5. The molecule has 0 bridgehead atoms. The van der Waals surface area contributed by atoms with E-state index in [-0.39, 0.29) is 28.3 Å². The molecule has 0 spiro atoms. The van der Waals surface area contributed by atoms with Crippen LogP contribution >= 0.6 is 12.2 Å². The van der Waals surface area contributed by atoms with Gasteiger partial charge in [-0.05, 0) is 42.9 Å². The molecule has 0 saturated heterocycles. The number of para-hydroxylation sites is 2. The fourth-order valence-electron chi connectivity index (χ4n) is 3.04. The number of rotatable bonds is 6. The van der Waals surface area contributed by atoms with E-state index in [1.54, 1.807) is 24.3 Å². The Morgan fingerprint density at radius 2 is 1.47 bits per heavy atom. The summed E-state index contributed by atoms with van der Waals surface area (Å²) in [5.41, 5.74) is 1.22. The fourth-order valence-corrected chi connectivity index (χ4v) is 3.24. The van der Waals surface area contributed by atoms with Crippen LogP contribution < -0.4 is 16.0 Å². The molecule has 0 aliphatic rings. The Labute approximate surface area is 189 Å². The number of carbonyl (C=O) groups is 2. The van der Waals surface area contributed by atoms with E-state index >= 15 is 0 Å². The molecule has 0 aromatic heterocycles. The van der Waals surface area contributed by atoms with E-state index in [1.807, 2.05) is 37.3 Å². The van der Waals surface area contributed by atoms with Gasteiger partial charge in [0.2, 0.25) is 0 Å². The van der Waals surface area contributed by atoms with Crippen LogP contribution in [0, 0.1) is 10.1 Å². The molecule has 1 unspecified atom stereocenters. The van der Waals surface area contributed by atoms with E-state index in [9.17, 15) is 19.7 Å². The van der Waals surface area contributed by atoms with E-state index in [2.05, 4.69) is 16.0 Å². The number of hydrogen-bond donors (Lipinski definition) is 3. The number of nitro benzene ring substituents is 1. The third kappa shape index (κ3) is 5.52. The SMILES string of the molecule is CC(NC(=O)c1ccccc1NC(=S)NC(=O)c1ccccc1[N+](=O)[O-])c1ccccc1. The molecular weight excluding hydrogens is 428 g/mol. The number of benzene rings is 3. The van der Waals surface area contributed by atoms with Crippen molar-refractivity contribution in [3.63, 3.8) is 0 Å². The van der Waals surface area contributed by atoms with Gasteiger partial charge in [0.1, 0.15) is 5.56 Å². The zero-order chi connectivity index (χ0) is 23.1. The van der Waals surface area contributed by atoms with Gasteiger partial charge in [0.15, 0.2) is 5.11 Å². The zero-order valence-electron chi connectivity index (χ0n) is 17.1. The van der Waals surface area contributed by atoms with Crippen LogP contribution in [0.1, 0.15) is 39.2 Å². The van der Waals surface area contributed by atoms with Crippen molar-refractivity contribution < 1.29 is 14.5 Å². The van der Waals surface area contributed by atoms with E-state index in [0.717, 1.165) is 5.56 Å². The standard InChI is InChI=1S/C23H20N4O4S/c1-15(16-9-3-2-4-10-16)24-21(28)17-11-5-7-13-19(17)25-23(32)26-22(29)18-12-6-8-14-20(18)27(30)31/h2-15H,1H3,(H,24,28)(H2,25,26,29,32). The fraction of sp³-hybridized carbons (Fsp3) is 0.0870. The van der Waals surface area contributed by atoms with E-state index in [4.69, 9.17) is 12.2 Å². The molecule has 0 fully saturated rings. The van der Waals surface area contributed by atoms with Crippen LogP contribution in [-0.2, 0) is 0 Å². The third-order valence-electron chi connectivity index (χ3n) is 4.64. The second-order valence-corrected chi connectivity index (χ2v) is 7.24. The minimum absolute atomic E-state index is 0.0930. The Morgan fingerprint density at radius 3 is 2.16 bits per heavy atom. The molecule has 9 heteroatoms. The smallest absolute Gasteiger partial charge is 0.282 e. The number of anilines is 1. The Balaban J connectivity index is 1.71. The van der Waals surface area contributed by atoms with Gasteiger partial charge in [-0.3, -0.25) is 25.0 Å². The quantitative estimate of drug-likeness (QED) is 0.296. The zero-order valence-corrected chi connectivity index (χ0v) is 17.9. The van der Waals surface area contributed by atoms with Crippen LogP contribution in [0.3, 0.4) is 0 Å². The van der Waals surface area contributed by atoms with Gasteiger partial charge in [-0.25, -0.2) is 0 Å². The van der Waals surface area contributed by atoms with Gasteiger partial charge in [0, 0.05) is 6.07 Å². The van der Waals surface area contributed by atoms with Crippen molar-refractivity contribution in [1.82, 2.24) is 10.6 Å². The van der Waals surface area contributed by atoms with Crippen LogP contribution in [0.4, 0.5) is 11.4 Å². The van der Waals surface area contributed by atoms with Crippen LogP contribution in [0.5, 0.6) is 0 Å². The Hall–Kier alpha value is -4.11. The monoisotopic (exact) mass is 448 g/mol. The molecule has 32 heavy (non-hydrogen) atoms. The van der Waals surface area contributed by atoms with Crippen LogP contribution in [0.15, 0.2) is 78.9 Å². The third-order valence-corrected chi connectivity index (χ3v) is 4.84. The van der Waals surface area contributed by atoms with Gasteiger partial charge in [0.25, 0.3) is 17.5 Å². The summed E-state index contributed by atoms with van der Waals surface area (Å²) in [6.45, 7) is 1.88. The molecule has 3 rings (SSSR count). The molecule has 0 aliphatic carbocycles. The maximum Gasteiger partial charge on any atom is 0.282 e. The first-order valence-corrected chi connectivity index (χ1v) is 10.1. The summed E-state index contributed by atoms with van der Waals surface area (Å²) < 4.78 is 0. The largest absolute Gasteiger partial charge is 0.345 e. The number of nitro groups is 1. The lowest BCUT2D eigenvalue weighted by molar-refractivity contribution is -0.385. The Bertz CT molecular complexity index is 1170. The first-order valence-electron chi connectivity index (χ1n) is 9.67. The average Bonchev–Trinajstić information content (AvgIpc) is 2.79. The lowest BCUT2D eigenvalue weighted by atomic mass is 10.1. The highest BCUT2D eigenvalue weighted by molar-refractivity contribution is 7.80. The van der Waals surface area contributed by atoms with Crippen molar-refractivity contribution in [3.05, 3.63) is 106 Å². The van der Waals surface area contributed by atoms with Crippen molar-refractivity contribution in [2.24, 2.45) is 0 Å². The Morgan fingerprint density at radius 1 is 0.875 bits per heavy atom. The molecule has 0 heterocycles. The minimum atomic E-state index is -0.727. The van der Waals surface area contributed by atoms with Crippen LogP contribution in [-0.4, -0.2) is 21.9 Å². The summed E-state index contributed by atoms with van der Waals surface area (Å²) >= 11 is 5.19. The lowest BCUT2D eigenvalue weighted by Gasteiger charge is -2.17. The molecule has 1 atom stereocenters. The van der Waals surface area contributed by atoms with Crippen molar-refractivity contribution in [3.8, 4) is 0 Å². The summed E-state index contributed by atoms with van der Waals surface area (Å²) in [7, 11) is 0. The number of amides is 2. The number of nitrogens with zero attached hydrogens (tertiary/aromatic N) is 1. The molecule has 0 radical (unpaired) electrons. The second kappa shape index (κ2) is 10.3. The molecule has 8 nitrogen and oxygen atoms in total. The maximum absolute atomic E-state index is 12.8. The van der Waals surface area contributed by atoms with E-state index < -0.39 is 10.8 Å². The first kappa shape index (κ1) is 22.6. The predicted octanol–water partition coefficient (Wildman–Crippen LogP) is 4.21. The molecule has 162 valence electrons. The summed E-state index contributed by atoms with van der Waals surface area (Å²) in [6, 6.07) is 21.6. The van der Waals surface area contributed by atoms with Crippen molar-refractivity contribution in [2.75, 3.05) is 5.32 Å². The van der Waals surface area contributed by atoms with Crippen LogP contribution in [0.25, 0.3) is 0 Å². The summed E-state index contributed by atoms with van der Waals surface area (Å²) in [5, 5.41) is 19.2. The molecule has 0 aliphatic heterocycles. The number of nitrogens with one attached hydrogen (secondary N) is 3. The molecule has 3 aromatic carbocycles. The summed E-state index contributed by atoms with van der Waals surface area (Å²) in [5.74, 6) is -1.05. The highest BCUT2D eigenvalue weighted by Crippen LogP contribution is 2.19. The average molecular weight is 449 g/mol. The van der Waals surface area contributed by atoms with Gasteiger partial charge in [0.05, 0.1) is 22.2 Å². The van der Waals surface area contributed by atoms with Crippen LogP contribution in [0.2, 0.25) is 0 Å². The molecular formula is C23H20N4O4S. The Kier molecular flexibility index (Phi) is 7.25. The first-order chi connectivity index (χ1) is 15.4. The van der Waals surface area contributed by atoms with Crippen molar-refractivity contribution in [2.45, 2.75) is 13.0 Å². The number of thiocarbonyl (C=S) groups is 1. The topological polar surface area (TPSA) is 113 Å². The normalized spacial score (nSPS) is 11.2. The van der Waals surface area contributed by atoms with E-state index in [1.165, 1.54) is 24.3 Å². The molecule has 2 amide bonds. The highest BCUT2D eigenvalue weighted by Gasteiger charge is 2.21. The number of carbonyl (C=O) groups excluding carboxylic acids is 2. The lowest BCUT2D eigenvalue weighted by Crippen LogP contribution is -2.35. The van der Waals surface area contributed by atoms with Gasteiger partial charge < -0.3 is 10.6 Å².